The number of benzene rings is 1. The van der Waals surface area contributed by atoms with Crippen molar-refractivity contribution in [3.8, 4) is 0 Å². The number of ketones is 1. The van der Waals surface area contributed by atoms with Gasteiger partial charge in [-0.05, 0) is 42.5 Å². The number of fused-ring (bicyclic) bond motifs is 1. The summed E-state index contributed by atoms with van der Waals surface area (Å²) in [5, 5.41) is 10.6. The molecule has 1 saturated carbocycles. The zero-order chi connectivity index (χ0) is 26.8. The topological polar surface area (TPSA) is 126 Å². The Balaban J connectivity index is 1.47. The molecule has 0 bridgehead atoms. The first-order valence-corrected chi connectivity index (χ1v) is 13.9. The summed E-state index contributed by atoms with van der Waals surface area (Å²) >= 11 is 0. The molecule has 1 aromatic carbocycles. The molecule has 3 aliphatic heterocycles. The number of aliphatic hydroxyl groups is 1. The van der Waals surface area contributed by atoms with E-state index in [-0.39, 0.29) is 30.8 Å². The molecule has 10 nitrogen and oxygen atoms in total. The van der Waals surface area contributed by atoms with Crippen LogP contribution in [0.25, 0.3) is 0 Å². The van der Waals surface area contributed by atoms with Gasteiger partial charge < -0.3 is 30.1 Å². The lowest BCUT2D eigenvalue weighted by Crippen LogP contribution is -2.47. The van der Waals surface area contributed by atoms with Gasteiger partial charge in [-0.15, -0.1) is 0 Å². The summed E-state index contributed by atoms with van der Waals surface area (Å²) in [5.74, 6) is -1.54. The predicted molar refractivity (Wildman–Crippen MR) is 141 cm³/mol. The number of hydrogen-bond donors (Lipinski definition) is 2. The summed E-state index contributed by atoms with van der Waals surface area (Å²) in [4.78, 5) is 45.7. The van der Waals surface area contributed by atoms with E-state index in [0.717, 1.165) is 70.5 Å². The molecule has 0 aromatic heterocycles. The van der Waals surface area contributed by atoms with Crippen LogP contribution >= 0.6 is 0 Å². The number of primary amides is 1. The molecule has 10 heteroatoms. The second kappa shape index (κ2) is 11.7. The molecule has 1 aromatic rings. The highest BCUT2D eigenvalue weighted by atomic mass is 16.5. The third-order valence-electron chi connectivity index (χ3n) is 8.81. The standard InChI is InChI=1S/C28H40N4O6/c1-37-14-13-30-9-11-31(12-10-30)19-7-8-20(27(29)35)21(15-19)24(18-5-3-2-4-6-18)28(36)32-16-22(33)26-25(32)23(34)17-38-26/h7-8,15,18,22,24-26,33H,2-6,9-14,16-17H2,1H3,(H2,29,35)/t22-,24-,25+,26+/m0/s1. The third-order valence-corrected chi connectivity index (χ3v) is 8.81. The van der Waals surface area contributed by atoms with Crippen LogP contribution in [0.1, 0.15) is 53.9 Å². The number of hydrogen-bond acceptors (Lipinski definition) is 8. The van der Waals surface area contributed by atoms with Gasteiger partial charge in [-0.25, -0.2) is 0 Å². The van der Waals surface area contributed by atoms with E-state index in [1.54, 1.807) is 13.2 Å². The van der Waals surface area contributed by atoms with Gasteiger partial charge in [0.05, 0.1) is 19.1 Å². The van der Waals surface area contributed by atoms with Crippen molar-refractivity contribution in [1.82, 2.24) is 9.80 Å². The summed E-state index contributed by atoms with van der Waals surface area (Å²) in [6.45, 7) is 5.00. The highest BCUT2D eigenvalue weighted by Crippen LogP contribution is 2.42. The normalized spacial score (nSPS) is 27.5. The van der Waals surface area contributed by atoms with Crippen LogP contribution in [-0.2, 0) is 19.1 Å². The van der Waals surface area contributed by atoms with Crippen molar-refractivity contribution < 1.29 is 29.0 Å². The van der Waals surface area contributed by atoms with Crippen molar-refractivity contribution >= 4 is 23.3 Å². The molecule has 0 spiro atoms. The van der Waals surface area contributed by atoms with E-state index in [1.807, 2.05) is 12.1 Å². The fourth-order valence-corrected chi connectivity index (χ4v) is 6.77. The van der Waals surface area contributed by atoms with Gasteiger partial charge in [-0.3, -0.25) is 19.3 Å². The average molecular weight is 529 g/mol. The molecule has 208 valence electrons. The molecule has 2 amide bonds. The number of methoxy groups -OCH3 is 1. The van der Waals surface area contributed by atoms with Gasteiger partial charge in [-0.1, -0.05) is 19.3 Å². The first-order valence-electron chi connectivity index (χ1n) is 13.9. The Morgan fingerprint density at radius 1 is 1.16 bits per heavy atom. The molecule has 5 rings (SSSR count). The number of β-amino-alcohol motifs (C(OH)–C–C–N with tert-alkyl or cyclic N) is 1. The number of anilines is 1. The zero-order valence-electron chi connectivity index (χ0n) is 22.2. The van der Waals surface area contributed by atoms with Crippen molar-refractivity contribution in [3.63, 3.8) is 0 Å². The minimum Gasteiger partial charge on any atom is -0.388 e. The molecule has 1 aliphatic carbocycles. The quantitative estimate of drug-likeness (QED) is 0.507. The molecule has 38 heavy (non-hydrogen) atoms. The number of ether oxygens (including phenoxy) is 2. The van der Waals surface area contributed by atoms with Crippen molar-refractivity contribution in [2.24, 2.45) is 11.7 Å². The zero-order valence-corrected chi connectivity index (χ0v) is 22.2. The fourth-order valence-electron chi connectivity index (χ4n) is 6.77. The number of Topliss-reactive ketones (excluding diaryl/α,β-unsaturated/α-hetero) is 1. The fraction of sp³-hybridized carbons (Fsp3) is 0.679. The van der Waals surface area contributed by atoms with Crippen molar-refractivity contribution in [3.05, 3.63) is 29.3 Å². The van der Waals surface area contributed by atoms with E-state index in [9.17, 15) is 19.5 Å². The number of piperazine rings is 1. The molecule has 0 radical (unpaired) electrons. The van der Waals surface area contributed by atoms with Crippen LogP contribution in [0.15, 0.2) is 18.2 Å². The Bertz CT molecular complexity index is 1040. The Hall–Kier alpha value is -2.53. The molecular formula is C28H40N4O6. The van der Waals surface area contributed by atoms with Gasteiger partial charge in [0.2, 0.25) is 11.8 Å². The summed E-state index contributed by atoms with van der Waals surface area (Å²) in [7, 11) is 1.71. The number of carbonyl (C=O) groups excluding carboxylic acids is 3. The summed E-state index contributed by atoms with van der Waals surface area (Å²) < 4.78 is 10.7. The summed E-state index contributed by atoms with van der Waals surface area (Å²) in [6.07, 6.45) is 3.29. The summed E-state index contributed by atoms with van der Waals surface area (Å²) in [5.41, 5.74) is 7.80. The number of amides is 2. The van der Waals surface area contributed by atoms with Gasteiger partial charge in [0, 0.05) is 51.1 Å². The minimum absolute atomic E-state index is 0.0316. The first-order chi connectivity index (χ1) is 18.4. The van der Waals surface area contributed by atoms with Crippen LogP contribution < -0.4 is 10.6 Å². The number of carbonyl (C=O) groups is 3. The van der Waals surface area contributed by atoms with E-state index >= 15 is 0 Å². The molecular weight excluding hydrogens is 488 g/mol. The van der Waals surface area contributed by atoms with Gasteiger partial charge in [0.15, 0.2) is 5.78 Å². The van der Waals surface area contributed by atoms with Crippen LogP contribution in [0.2, 0.25) is 0 Å². The van der Waals surface area contributed by atoms with Gasteiger partial charge in [0.1, 0.15) is 24.9 Å². The second-order valence-corrected chi connectivity index (χ2v) is 11.1. The van der Waals surface area contributed by atoms with Gasteiger partial charge >= 0.3 is 0 Å². The molecule has 4 aliphatic rings. The monoisotopic (exact) mass is 528 g/mol. The van der Waals surface area contributed by atoms with Crippen molar-refractivity contribution in [2.75, 3.05) is 64.5 Å². The highest BCUT2D eigenvalue weighted by Gasteiger charge is 2.53. The Labute approximate surface area is 224 Å². The van der Waals surface area contributed by atoms with Crippen molar-refractivity contribution in [1.29, 1.82) is 0 Å². The van der Waals surface area contributed by atoms with E-state index < -0.39 is 30.1 Å². The van der Waals surface area contributed by atoms with Crippen LogP contribution in [0.5, 0.6) is 0 Å². The number of rotatable bonds is 8. The smallest absolute Gasteiger partial charge is 0.249 e. The lowest BCUT2D eigenvalue weighted by atomic mass is 9.74. The Kier molecular flexibility index (Phi) is 8.32. The molecule has 3 N–H and O–H groups in total. The molecule has 3 saturated heterocycles. The van der Waals surface area contributed by atoms with Crippen LogP contribution in [-0.4, -0.2) is 110 Å². The van der Waals surface area contributed by atoms with Crippen LogP contribution in [0.3, 0.4) is 0 Å². The highest BCUT2D eigenvalue weighted by molar-refractivity contribution is 5.99. The maximum absolute atomic E-state index is 14.3. The molecule has 0 unspecified atom stereocenters. The number of nitrogens with two attached hydrogens (primary N) is 1. The molecule has 3 heterocycles. The van der Waals surface area contributed by atoms with Crippen LogP contribution in [0.4, 0.5) is 5.69 Å². The van der Waals surface area contributed by atoms with Crippen LogP contribution in [0, 0.1) is 5.92 Å². The lowest BCUT2D eigenvalue weighted by molar-refractivity contribution is -0.139. The predicted octanol–water partition coefficient (Wildman–Crippen LogP) is 0.757. The number of likely N-dealkylation sites (tertiary alicyclic amines) is 1. The largest absolute Gasteiger partial charge is 0.388 e. The SMILES string of the molecule is COCCN1CCN(c2ccc(C(N)=O)c([C@@H](C(=O)N3C[C@H](O)[C@H]4OCC(=O)[C@H]43)C3CCCCC3)c2)CC1. The summed E-state index contributed by atoms with van der Waals surface area (Å²) in [6, 6.07) is 4.86. The lowest BCUT2D eigenvalue weighted by Gasteiger charge is -2.37. The van der Waals surface area contributed by atoms with E-state index in [0.29, 0.717) is 17.7 Å². The van der Waals surface area contributed by atoms with Gasteiger partial charge in [0.25, 0.3) is 0 Å². The Morgan fingerprint density at radius 2 is 1.89 bits per heavy atom. The second-order valence-electron chi connectivity index (χ2n) is 11.1. The van der Waals surface area contributed by atoms with E-state index in [4.69, 9.17) is 15.2 Å². The maximum Gasteiger partial charge on any atom is 0.249 e. The maximum atomic E-state index is 14.3. The number of aliphatic hydroxyl groups excluding tert-OH is 1. The third kappa shape index (κ3) is 5.32. The Morgan fingerprint density at radius 3 is 2.58 bits per heavy atom. The number of nitrogens with zero attached hydrogens (tertiary/aromatic N) is 3. The first kappa shape index (κ1) is 27.1. The molecule has 4 fully saturated rings. The van der Waals surface area contributed by atoms with Crippen molar-refractivity contribution in [2.45, 2.75) is 56.3 Å². The van der Waals surface area contributed by atoms with E-state index in [2.05, 4.69) is 9.80 Å². The van der Waals surface area contributed by atoms with E-state index in [1.165, 1.54) is 4.90 Å². The molecule has 4 atom stereocenters. The minimum atomic E-state index is -0.904. The van der Waals surface area contributed by atoms with Gasteiger partial charge in [-0.2, -0.15) is 0 Å². The average Bonchev–Trinajstić information content (AvgIpc) is 3.48.